The van der Waals surface area contributed by atoms with E-state index in [2.05, 4.69) is 15.3 Å². The lowest BCUT2D eigenvalue weighted by molar-refractivity contribution is -0.132. The molecule has 0 spiro atoms. The number of nitrogens with two attached hydrogens (primary N) is 1. The molecule has 0 aliphatic rings. The van der Waals surface area contributed by atoms with Crippen molar-refractivity contribution >= 4 is 27.4 Å². The quantitative estimate of drug-likeness (QED) is 0.446. The highest BCUT2D eigenvalue weighted by Crippen LogP contribution is 2.12. The van der Waals surface area contributed by atoms with Crippen molar-refractivity contribution in [3.63, 3.8) is 0 Å². The summed E-state index contributed by atoms with van der Waals surface area (Å²) < 4.78 is 26.3. The van der Waals surface area contributed by atoms with Gasteiger partial charge in [0.25, 0.3) is 0 Å². The minimum Gasteiger partial charge on any atom is -0.464 e. The van der Waals surface area contributed by atoms with Gasteiger partial charge in [-0.25, -0.2) is 18.4 Å². The van der Waals surface area contributed by atoms with E-state index in [4.69, 9.17) is 10.4 Å². The monoisotopic (exact) mass is 282 g/mol. The summed E-state index contributed by atoms with van der Waals surface area (Å²) in [6.45, 7) is 0. The third kappa shape index (κ3) is 4.06. The second-order valence-electron chi connectivity index (χ2n) is 3.24. The molecule has 3 N–H and O–H groups in total. The number of methoxy groups -OCH3 is 1. The molecule has 0 radical (unpaired) electrons. The van der Waals surface area contributed by atoms with Crippen LogP contribution in [0.5, 0.6) is 0 Å². The van der Waals surface area contributed by atoms with Crippen molar-refractivity contribution in [1.29, 1.82) is 5.26 Å². The van der Waals surface area contributed by atoms with Gasteiger partial charge in [0.05, 0.1) is 17.7 Å². The van der Waals surface area contributed by atoms with Gasteiger partial charge in [0.1, 0.15) is 6.07 Å². The van der Waals surface area contributed by atoms with Crippen molar-refractivity contribution in [3.05, 3.63) is 24.3 Å². The fraction of sp³-hybridized carbons (Fsp3) is 0.100. The van der Waals surface area contributed by atoms with E-state index in [1.807, 2.05) is 0 Å². The molecular weight excluding hydrogens is 272 g/mol. The highest BCUT2D eigenvalue weighted by atomic mass is 32.2. The first kappa shape index (κ1) is 14.6. The van der Waals surface area contributed by atoms with Gasteiger partial charge in [0.2, 0.25) is 15.7 Å². The molecule has 0 fully saturated rings. The van der Waals surface area contributed by atoms with Crippen molar-refractivity contribution in [3.8, 4) is 6.07 Å². The fourth-order valence-corrected chi connectivity index (χ4v) is 1.57. The number of carbonyl (C=O) groups is 1. The molecule has 1 rings (SSSR count). The molecule has 100 valence electrons. The van der Waals surface area contributed by atoms with Gasteiger partial charge >= 0.3 is 5.97 Å². The van der Waals surface area contributed by atoms with Crippen LogP contribution in [-0.4, -0.2) is 27.2 Å². The smallest absolute Gasteiger partial charge is 0.369 e. The summed E-state index contributed by atoms with van der Waals surface area (Å²) in [4.78, 5) is 11.0. The maximum atomic E-state index is 11.0. The molecule has 0 heterocycles. The number of anilines is 1. The van der Waals surface area contributed by atoms with Crippen LogP contribution in [0, 0.1) is 11.3 Å². The van der Waals surface area contributed by atoms with Crippen LogP contribution in [0.25, 0.3) is 0 Å². The Hall–Kier alpha value is -2.44. The third-order valence-corrected chi connectivity index (χ3v) is 2.89. The Morgan fingerprint density at radius 3 is 2.42 bits per heavy atom. The Morgan fingerprint density at radius 2 is 2.00 bits per heavy atom. The molecule has 9 heteroatoms. The SMILES string of the molecule is COC(=O)/C(C#N)=N\Nc1ccc(S(N)(=O)=O)cc1. The molecule has 0 amide bonds. The van der Waals surface area contributed by atoms with Gasteiger partial charge in [-0.3, -0.25) is 5.43 Å². The average Bonchev–Trinajstić information content (AvgIpc) is 2.38. The molecule has 0 unspecified atom stereocenters. The summed E-state index contributed by atoms with van der Waals surface area (Å²) in [5.41, 5.74) is 2.34. The van der Waals surface area contributed by atoms with E-state index in [-0.39, 0.29) is 4.90 Å². The lowest BCUT2D eigenvalue weighted by atomic mass is 10.3. The average molecular weight is 282 g/mol. The first-order valence-electron chi connectivity index (χ1n) is 4.83. The number of benzene rings is 1. The fourth-order valence-electron chi connectivity index (χ4n) is 1.05. The highest BCUT2D eigenvalue weighted by molar-refractivity contribution is 7.89. The molecule has 0 bridgehead atoms. The summed E-state index contributed by atoms with van der Waals surface area (Å²) >= 11 is 0. The Labute approximate surface area is 109 Å². The van der Waals surface area contributed by atoms with E-state index in [1.54, 1.807) is 6.07 Å². The van der Waals surface area contributed by atoms with Gasteiger partial charge in [0.15, 0.2) is 0 Å². The van der Waals surface area contributed by atoms with Crippen molar-refractivity contribution < 1.29 is 17.9 Å². The minimum absolute atomic E-state index is 0.0597. The molecule has 1 aromatic rings. The Kier molecular flexibility index (Phi) is 4.57. The Bertz CT molecular complexity index is 643. The van der Waals surface area contributed by atoms with Crippen molar-refractivity contribution in [2.24, 2.45) is 10.2 Å². The van der Waals surface area contributed by atoms with E-state index in [9.17, 15) is 13.2 Å². The van der Waals surface area contributed by atoms with E-state index in [1.165, 1.54) is 24.3 Å². The first-order chi connectivity index (χ1) is 8.88. The number of rotatable bonds is 4. The molecule has 1 aromatic carbocycles. The largest absolute Gasteiger partial charge is 0.464 e. The molecule has 0 saturated heterocycles. The number of nitrogens with one attached hydrogen (secondary N) is 1. The predicted molar refractivity (Wildman–Crippen MR) is 66.5 cm³/mol. The number of hydrazone groups is 1. The number of carbonyl (C=O) groups excluding carboxylic acids is 1. The molecule has 19 heavy (non-hydrogen) atoms. The Morgan fingerprint density at radius 1 is 1.42 bits per heavy atom. The number of hydrogen-bond acceptors (Lipinski definition) is 7. The second kappa shape index (κ2) is 5.94. The zero-order valence-corrected chi connectivity index (χ0v) is 10.6. The standard InChI is InChI=1S/C10H10N4O4S/c1-18-10(15)9(6-11)14-13-7-2-4-8(5-3-7)19(12,16)17/h2-5,13H,1H3,(H2,12,16,17)/b14-9-. The van der Waals surface area contributed by atoms with Crippen molar-refractivity contribution in [2.75, 3.05) is 12.5 Å². The maximum Gasteiger partial charge on any atom is 0.369 e. The summed E-state index contributed by atoms with van der Waals surface area (Å²) in [5, 5.41) is 17.1. The van der Waals surface area contributed by atoms with E-state index < -0.39 is 21.7 Å². The van der Waals surface area contributed by atoms with Crippen LogP contribution in [-0.2, 0) is 19.6 Å². The van der Waals surface area contributed by atoms with Crippen LogP contribution in [0.1, 0.15) is 0 Å². The van der Waals surface area contributed by atoms with E-state index in [0.29, 0.717) is 5.69 Å². The van der Waals surface area contributed by atoms with Crippen molar-refractivity contribution in [2.45, 2.75) is 4.90 Å². The van der Waals surface area contributed by atoms with Crippen LogP contribution in [0.4, 0.5) is 5.69 Å². The molecule has 0 aliphatic heterocycles. The lowest BCUT2D eigenvalue weighted by Crippen LogP contribution is -2.15. The summed E-state index contributed by atoms with van der Waals surface area (Å²) in [5.74, 6) is -0.879. The number of esters is 1. The first-order valence-corrected chi connectivity index (χ1v) is 6.38. The normalized spacial score (nSPS) is 11.5. The molecule has 8 nitrogen and oxygen atoms in total. The molecule has 0 aromatic heterocycles. The second-order valence-corrected chi connectivity index (χ2v) is 4.81. The van der Waals surface area contributed by atoms with Gasteiger partial charge in [0, 0.05) is 0 Å². The van der Waals surface area contributed by atoms with Gasteiger partial charge in [-0.1, -0.05) is 0 Å². The Balaban J connectivity index is 2.88. The predicted octanol–water partition coefficient (Wildman–Crippen LogP) is -0.202. The van der Waals surface area contributed by atoms with Crippen molar-refractivity contribution in [1.82, 2.24) is 0 Å². The van der Waals surface area contributed by atoms with E-state index >= 15 is 0 Å². The summed E-state index contributed by atoms with van der Waals surface area (Å²) in [7, 11) is -2.64. The minimum atomic E-state index is -3.76. The number of ether oxygens (including phenoxy) is 1. The van der Waals surface area contributed by atoms with Gasteiger partial charge in [-0.15, -0.1) is 0 Å². The number of sulfonamides is 1. The molecular formula is C10H10N4O4S. The maximum absolute atomic E-state index is 11.0. The van der Waals surface area contributed by atoms with Crippen LogP contribution >= 0.6 is 0 Å². The molecule has 0 atom stereocenters. The zero-order chi connectivity index (χ0) is 14.5. The highest BCUT2D eigenvalue weighted by Gasteiger charge is 2.10. The van der Waals surface area contributed by atoms with Gasteiger partial charge < -0.3 is 4.74 Å². The molecule has 0 aliphatic carbocycles. The van der Waals surface area contributed by atoms with Crippen LogP contribution in [0.15, 0.2) is 34.3 Å². The summed E-state index contributed by atoms with van der Waals surface area (Å²) in [6, 6.07) is 6.85. The topological polar surface area (TPSA) is 135 Å². The van der Waals surface area contributed by atoms with Crippen LogP contribution in [0.3, 0.4) is 0 Å². The lowest BCUT2D eigenvalue weighted by Gasteiger charge is -2.02. The number of hydrogen-bond donors (Lipinski definition) is 2. The van der Waals surface area contributed by atoms with E-state index in [0.717, 1.165) is 7.11 Å². The molecule has 0 saturated carbocycles. The van der Waals surface area contributed by atoms with Gasteiger partial charge in [-0.2, -0.15) is 10.4 Å². The van der Waals surface area contributed by atoms with Gasteiger partial charge in [-0.05, 0) is 24.3 Å². The summed E-state index contributed by atoms with van der Waals surface area (Å²) in [6.07, 6.45) is 0. The number of nitriles is 1. The zero-order valence-electron chi connectivity index (χ0n) is 9.82. The number of nitrogens with zero attached hydrogens (tertiary/aromatic N) is 2. The van der Waals surface area contributed by atoms with Crippen LogP contribution < -0.4 is 10.6 Å². The van der Waals surface area contributed by atoms with Crippen LogP contribution in [0.2, 0.25) is 0 Å². The third-order valence-electron chi connectivity index (χ3n) is 1.96. The number of primary sulfonamides is 1.